The smallest absolute Gasteiger partial charge is 0.250 e. The van der Waals surface area contributed by atoms with Gasteiger partial charge in [-0.25, -0.2) is 4.39 Å². The SMILES string of the molecule is CCOCC(=O)Nc1ccc(F)c(OC)c1. The summed E-state index contributed by atoms with van der Waals surface area (Å²) in [5.41, 5.74) is 0.475. The van der Waals surface area contributed by atoms with E-state index in [2.05, 4.69) is 5.32 Å². The molecule has 0 bridgehead atoms. The Balaban J connectivity index is 2.63. The van der Waals surface area contributed by atoms with Crippen LogP contribution in [0.4, 0.5) is 10.1 Å². The fourth-order valence-electron chi connectivity index (χ4n) is 1.13. The largest absolute Gasteiger partial charge is 0.494 e. The Morgan fingerprint density at radius 2 is 2.25 bits per heavy atom. The lowest BCUT2D eigenvalue weighted by molar-refractivity contribution is -0.120. The predicted molar refractivity (Wildman–Crippen MR) is 58.1 cm³/mol. The molecule has 0 fully saturated rings. The first-order valence-electron chi connectivity index (χ1n) is 4.88. The van der Waals surface area contributed by atoms with Gasteiger partial charge in [-0.2, -0.15) is 0 Å². The Morgan fingerprint density at radius 1 is 1.50 bits per heavy atom. The molecule has 1 aromatic carbocycles. The standard InChI is InChI=1S/C11H14FNO3/c1-3-16-7-11(14)13-8-4-5-9(12)10(6-8)15-2/h4-6H,3,7H2,1-2H3,(H,13,14). The summed E-state index contributed by atoms with van der Waals surface area (Å²) in [6, 6.07) is 4.11. The second-order valence-corrected chi connectivity index (χ2v) is 3.03. The molecule has 0 aliphatic rings. The molecule has 16 heavy (non-hydrogen) atoms. The van der Waals surface area contributed by atoms with Crippen LogP contribution in [0.15, 0.2) is 18.2 Å². The molecule has 0 aliphatic heterocycles. The van der Waals surface area contributed by atoms with Gasteiger partial charge in [0.25, 0.3) is 0 Å². The molecule has 0 saturated heterocycles. The van der Waals surface area contributed by atoms with E-state index >= 15 is 0 Å². The van der Waals surface area contributed by atoms with Crippen molar-refractivity contribution in [1.29, 1.82) is 0 Å². The molecular formula is C11H14FNO3. The number of carbonyl (C=O) groups excluding carboxylic acids is 1. The monoisotopic (exact) mass is 227 g/mol. The molecule has 0 heterocycles. The first kappa shape index (κ1) is 12.4. The highest BCUT2D eigenvalue weighted by molar-refractivity contribution is 5.91. The summed E-state index contributed by atoms with van der Waals surface area (Å²) in [6.07, 6.45) is 0. The second-order valence-electron chi connectivity index (χ2n) is 3.03. The normalized spacial score (nSPS) is 9.94. The molecule has 0 aromatic heterocycles. The number of methoxy groups -OCH3 is 1. The van der Waals surface area contributed by atoms with Crippen LogP contribution in [0, 0.1) is 5.82 Å². The molecule has 0 unspecified atom stereocenters. The van der Waals surface area contributed by atoms with E-state index in [1.165, 1.54) is 25.3 Å². The van der Waals surface area contributed by atoms with Crippen LogP contribution in [0.25, 0.3) is 0 Å². The summed E-state index contributed by atoms with van der Waals surface area (Å²) >= 11 is 0. The third-order valence-corrected chi connectivity index (χ3v) is 1.87. The van der Waals surface area contributed by atoms with Gasteiger partial charge in [-0.3, -0.25) is 4.79 Å². The zero-order valence-electron chi connectivity index (χ0n) is 9.25. The van der Waals surface area contributed by atoms with Gasteiger partial charge in [0.1, 0.15) is 6.61 Å². The number of halogens is 1. The first-order chi connectivity index (χ1) is 7.67. The first-order valence-corrected chi connectivity index (χ1v) is 4.88. The number of hydrogen-bond donors (Lipinski definition) is 1. The van der Waals surface area contributed by atoms with Gasteiger partial charge in [0.2, 0.25) is 5.91 Å². The van der Waals surface area contributed by atoms with Crippen LogP contribution in [0.2, 0.25) is 0 Å². The van der Waals surface area contributed by atoms with Gasteiger partial charge in [-0.15, -0.1) is 0 Å². The Hall–Kier alpha value is -1.62. The van der Waals surface area contributed by atoms with Crippen LogP contribution in [-0.4, -0.2) is 26.2 Å². The molecule has 5 heteroatoms. The summed E-state index contributed by atoms with van der Waals surface area (Å²) in [4.78, 5) is 11.3. The molecule has 0 spiro atoms. The Bertz CT molecular complexity index is 368. The topological polar surface area (TPSA) is 47.6 Å². The van der Waals surface area contributed by atoms with E-state index in [1.54, 1.807) is 6.92 Å². The highest BCUT2D eigenvalue weighted by Crippen LogP contribution is 2.21. The van der Waals surface area contributed by atoms with Crippen molar-refractivity contribution < 1.29 is 18.7 Å². The minimum absolute atomic E-state index is 0.0177. The summed E-state index contributed by atoms with van der Waals surface area (Å²) in [5, 5.41) is 2.57. The lowest BCUT2D eigenvalue weighted by atomic mass is 10.3. The fraction of sp³-hybridized carbons (Fsp3) is 0.364. The lowest BCUT2D eigenvalue weighted by Gasteiger charge is -2.07. The average Bonchev–Trinajstić information content (AvgIpc) is 2.29. The van der Waals surface area contributed by atoms with Crippen LogP contribution in [-0.2, 0) is 9.53 Å². The molecular weight excluding hydrogens is 213 g/mol. The minimum atomic E-state index is -0.467. The molecule has 88 valence electrons. The lowest BCUT2D eigenvalue weighted by Crippen LogP contribution is -2.18. The molecule has 1 N–H and O–H groups in total. The number of ether oxygens (including phenoxy) is 2. The number of carbonyl (C=O) groups is 1. The highest BCUT2D eigenvalue weighted by atomic mass is 19.1. The van der Waals surface area contributed by atoms with Gasteiger partial charge in [0.05, 0.1) is 7.11 Å². The molecule has 1 aromatic rings. The second kappa shape index (κ2) is 6.07. The Kier molecular flexibility index (Phi) is 4.72. The van der Waals surface area contributed by atoms with E-state index in [1.807, 2.05) is 0 Å². The van der Waals surface area contributed by atoms with Crippen molar-refractivity contribution in [3.05, 3.63) is 24.0 Å². The van der Waals surface area contributed by atoms with E-state index in [-0.39, 0.29) is 18.3 Å². The van der Waals surface area contributed by atoms with Gasteiger partial charge in [0.15, 0.2) is 11.6 Å². The van der Waals surface area contributed by atoms with Crippen molar-refractivity contribution in [1.82, 2.24) is 0 Å². The maximum Gasteiger partial charge on any atom is 0.250 e. The summed E-state index contributed by atoms with van der Waals surface area (Å²) < 4.78 is 22.8. The van der Waals surface area contributed by atoms with Crippen LogP contribution in [0.5, 0.6) is 5.75 Å². The van der Waals surface area contributed by atoms with Crippen molar-refractivity contribution >= 4 is 11.6 Å². The Labute approximate surface area is 93.4 Å². The van der Waals surface area contributed by atoms with E-state index in [0.29, 0.717) is 12.3 Å². The quantitative estimate of drug-likeness (QED) is 0.834. The number of hydrogen-bond acceptors (Lipinski definition) is 3. The van der Waals surface area contributed by atoms with Crippen molar-refractivity contribution in [2.75, 3.05) is 25.6 Å². The number of anilines is 1. The Morgan fingerprint density at radius 3 is 2.88 bits per heavy atom. The number of benzene rings is 1. The van der Waals surface area contributed by atoms with Crippen molar-refractivity contribution in [3.8, 4) is 5.75 Å². The van der Waals surface area contributed by atoms with E-state index in [4.69, 9.17) is 9.47 Å². The molecule has 0 atom stereocenters. The van der Waals surface area contributed by atoms with E-state index in [9.17, 15) is 9.18 Å². The molecule has 1 rings (SSSR count). The zero-order chi connectivity index (χ0) is 12.0. The molecule has 0 saturated carbocycles. The molecule has 4 nitrogen and oxygen atoms in total. The highest BCUT2D eigenvalue weighted by Gasteiger charge is 2.06. The van der Waals surface area contributed by atoms with Gasteiger partial charge in [0, 0.05) is 18.4 Å². The van der Waals surface area contributed by atoms with Crippen molar-refractivity contribution in [2.24, 2.45) is 0 Å². The van der Waals surface area contributed by atoms with E-state index < -0.39 is 5.82 Å². The van der Waals surface area contributed by atoms with Crippen LogP contribution >= 0.6 is 0 Å². The summed E-state index contributed by atoms with van der Waals surface area (Å²) in [7, 11) is 1.37. The predicted octanol–water partition coefficient (Wildman–Crippen LogP) is 1.81. The maximum absolute atomic E-state index is 13.0. The molecule has 1 amide bonds. The van der Waals surface area contributed by atoms with Gasteiger partial charge in [-0.05, 0) is 19.1 Å². The van der Waals surface area contributed by atoms with Crippen molar-refractivity contribution in [3.63, 3.8) is 0 Å². The third-order valence-electron chi connectivity index (χ3n) is 1.87. The zero-order valence-corrected chi connectivity index (χ0v) is 9.25. The maximum atomic E-state index is 13.0. The van der Waals surface area contributed by atoms with Gasteiger partial charge < -0.3 is 14.8 Å². The van der Waals surface area contributed by atoms with Crippen molar-refractivity contribution in [2.45, 2.75) is 6.92 Å². The minimum Gasteiger partial charge on any atom is -0.494 e. The average molecular weight is 227 g/mol. The van der Waals surface area contributed by atoms with Gasteiger partial charge >= 0.3 is 0 Å². The van der Waals surface area contributed by atoms with Crippen LogP contribution in [0.3, 0.4) is 0 Å². The van der Waals surface area contributed by atoms with Crippen LogP contribution in [0.1, 0.15) is 6.92 Å². The number of amides is 1. The molecule has 0 radical (unpaired) electrons. The summed E-state index contributed by atoms with van der Waals surface area (Å²) in [6.45, 7) is 2.25. The van der Waals surface area contributed by atoms with E-state index in [0.717, 1.165) is 0 Å². The summed E-state index contributed by atoms with van der Waals surface area (Å²) in [5.74, 6) is -0.657. The fourth-order valence-corrected chi connectivity index (χ4v) is 1.13. The van der Waals surface area contributed by atoms with Crippen LogP contribution < -0.4 is 10.1 Å². The number of nitrogens with one attached hydrogen (secondary N) is 1. The van der Waals surface area contributed by atoms with Gasteiger partial charge in [-0.1, -0.05) is 0 Å². The third kappa shape index (κ3) is 3.51. The molecule has 0 aliphatic carbocycles. The number of rotatable bonds is 5.